The Morgan fingerprint density at radius 1 is 1.27 bits per heavy atom. The summed E-state index contributed by atoms with van der Waals surface area (Å²) in [4.78, 5) is 11.9. The van der Waals surface area contributed by atoms with Gasteiger partial charge in [0, 0.05) is 17.3 Å². The molecule has 0 atom stereocenters. The number of nitrogens with zero attached hydrogens (tertiary/aromatic N) is 1. The van der Waals surface area contributed by atoms with Gasteiger partial charge in [0.15, 0.2) is 0 Å². The van der Waals surface area contributed by atoms with Crippen molar-refractivity contribution in [2.24, 2.45) is 0 Å². The summed E-state index contributed by atoms with van der Waals surface area (Å²) in [7, 11) is 0. The summed E-state index contributed by atoms with van der Waals surface area (Å²) in [6, 6.07) is 16.3. The van der Waals surface area contributed by atoms with E-state index in [4.69, 9.17) is 10.00 Å². The molecule has 2 aromatic rings. The van der Waals surface area contributed by atoms with Gasteiger partial charge >= 0.3 is 0 Å². The number of carbonyl (C=O) groups is 1. The lowest BCUT2D eigenvalue weighted by Gasteiger charge is -2.06. The topological polar surface area (TPSA) is 62.1 Å². The van der Waals surface area contributed by atoms with E-state index < -0.39 is 0 Å². The van der Waals surface area contributed by atoms with E-state index in [1.807, 2.05) is 37.3 Å². The molecule has 0 aliphatic rings. The highest BCUT2D eigenvalue weighted by Crippen LogP contribution is 2.19. The predicted molar refractivity (Wildman–Crippen MR) is 86.4 cm³/mol. The van der Waals surface area contributed by atoms with E-state index >= 15 is 0 Å². The molecule has 22 heavy (non-hydrogen) atoms. The minimum atomic E-state index is -0.263. The molecule has 0 aliphatic carbocycles. The fraction of sp³-hybridized carbons (Fsp3) is 0.111. The number of nitrogens with one attached hydrogen (secondary N) is 1. The van der Waals surface area contributed by atoms with Crippen LogP contribution >= 0.6 is 0 Å². The molecular formula is C18H16N2O2. The smallest absolute Gasteiger partial charge is 0.248 e. The van der Waals surface area contributed by atoms with Gasteiger partial charge in [0.2, 0.25) is 5.91 Å². The Kier molecular flexibility index (Phi) is 5.33. The third-order valence-corrected chi connectivity index (χ3v) is 2.89. The maximum Gasteiger partial charge on any atom is 0.248 e. The first-order chi connectivity index (χ1) is 10.7. The fourth-order valence-corrected chi connectivity index (χ4v) is 1.92. The first-order valence-corrected chi connectivity index (χ1v) is 6.94. The summed E-state index contributed by atoms with van der Waals surface area (Å²) >= 11 is 0. The van der Waals surface area contributed by atoms with Crippen molar-refractivity contribution in [3.63, 3.8) is 0 Å². The Morgan fingerprint density at radius 2 is 2.09 bits per heavy atom. The summed E-state index contributed by atoms with van der Waals surface area (Å²) in [6.07, 6.45) is 3.14. The number of rotatable bonds is 5. The van der Waals surface area contributed by atoms with Gasteiger partial charge in [0.25, 0.3) is 0 Å². The van der Waals surface area contributed by atoms with Crippen LogP contribution in [0.3, 0.4) is 0 Å². The molecule has 0 unspecified atom stereocenters. The third-order valence-electron chi connectivity index (χ3n) is 2.89. The van der Waals surface area contributed by atoms with Crippen molar-refractivity contribution in [1.82, 2.24) is 0 Å². The zero-order valence-electron chi connectivity index (χ0n) is 12.2. The molecule has 0 fully saturated rings. The fourth-order valence-electron chi connectivity index (χ4n) is 1.92. The van der Waals surface area contributed by atoms with E-state index in [1.165, 1.54) is 6.08 Å². The number of para-hydroxylation sites is 1. The molecule has 110 valence electrons. The van der Waals surface area contributed by atoms with Crippen molar-refractivity contribution in [1.29, 1.82) is 5.26 Å². The van der Waals surface area contributed by atoms with Gasteiger partial charge in [-0.15, -0.1) is 0 Å². The molecule has 2 aromatic carbocycles. The van der Waals surface area contributed by atoms with Crippen molar-refractivity contribution in [3.05, 3.63) is 65.7 Å². The van der Waals surface area contributed by atoms with Crippen LogP contribution in [0.25, 0.3) is 6.08 Å². The molecule has 0 spiro atoms. The van der Waals surface area contributed by atoms with E-state index in [2.05, 4.69) is 5.32 Å². The average molecular weight is 292 g/mol. The molecule has 1 amide bonds. The lowest BCUT2D eigenvalue weighted by molar-refractivity contribution is -0.111. The van der Waals surface area contributed by atoms with E-state index in [0.29, 0.717) is 17.9 Å². The van der Waals surface area contributed by atoms with Crippen LogP contribution in [-0.2, 0) is 4.79 Å². The van der Waals surface area contributed by atoms with E-state index in [-0.39, 0.29) is 5.91 Å². The van der Waals surface area contributed by atoms with Crippen LogP contribution in [0, 0.1) is 11.3 Å². The number of nitriles is 1. The Morgan fingerprint density at radius 3 is 2.86 bits per heavy atom. The molecule has 0 aliphatic heterocycles. The standard InChI is InChI=1S/C18H16N2O2/c1-2-22-17-9-4-3-7-15(17)10-11-18(21)20-16-8-5-6-14(12-16)13-19/h3-12H,2H2,1H3,(H,20,21)/b11-10+. The van der Waals surface area contributed by atoms with Gasteiger partial charge < -0.3 is 10.1 Å². The van der Waals surface area contributed by atoms with Gasteiger partial charge in [-0.05, 0) is 37.3 Å². The molecule has 0 bridgehead atoms. The molecular weight excluding hydrogens is 276 g/mol. The molecule has 0 heterocycles. The largest absolute Gasteiger partial charge is 0.493 e. The van der Waals surface area contributed by atoms with Crippen molar-refractivity contribution in [2.45, 2.75) is 6.92 Å². The van der Waals surface area contributed by atoms with Gasteiger partial charge in [-0.2, -0.15) is 5.26 Å². The number of carbonyl (C=O) groups excluding carboxylic acids is 1. The molecule has 1 N–H and O–H groups in total. The number of anilines is 1. The first kappa shape index (κ1) is 15.3. The van der Waals surface area contributed by atoms with Crippen LogP contribution in [0.4, 0.5) is 5.69 Å². The lowest BCUT2D eigenvalue weighted by Crippen LogP contribution is -2.07. The maximum absolute atomic E-state index is 11.9. The Bertz CT molecular complexity index is 730. The summed E-state index contributed by atoms with van der Waals surface area (Å²) in [6.45, 7) is 2.48. The predicted octanol–water partition coefficient (Wildman–Crippen LogP) is 3.61. The molecule has 0 saturated heterocycles. The normalized spacial score (nSPS) is 10.2. The minimum Gasteiger partial charge on any atom is -0.493 e. The van der Waals surface area contributed by atoms with E-state index in [9.17, 15) is 4.79 Å². The molecule has 4 nitrogen and oxygen atoms in total. The van der Waals surface area contributed by atoms with Crippen LogP contribution in [0.5, 0.6) is 5.75 Å². The van der Waals surface area contributed by atoms with Crippen LogP contribution in [0.2, 0.25) is 0 Å². The van der Waals surface area contributed by atoms with E-state index in [0.717, 1.165) is 11.3 Å². The number of benzene rings is 2. The van der Waals surface area contributed by atoms with Gasteiger partial charge in [-0.25, -0.2) is 0 Å². The Balaban J connectivity index is 2.07. The van der Waals surface area contributed by atoms with Gasteiger partial charge in [0.1, 0.15) is 5.75 Å². The molecule has 2 rings (SSSR count). The van der Waals surface area contributed by atoms with Crippen LogP contribution in [0.15, 0.2) is 54.6 Å². The first-order valence-electron chi connectivity index (χ1n) is 6.94. The summed E-state index contributed by atoms with van der Waals surface area (Å²) in [5.74, 6) is 0.474. The highest BCUT2D eigenvalue weighted by Gasteiger charge is 2.01. The molecule has 0 saturated carbocycles. The molecule has 0 aromatic heterocycles. The van der Waals surface area contributed by atoms with Crippen LogP contribution in [-0.4, -0.2) is 12.5 Å². The number of amides is 1. The van der Waals surface area contributed by atoms with Crippen LogP contribution in [0.1, 0.15) is 18.1 Å². The quantitative estimate of drug-likeness (QED) is 0.856. The third kappa shape index (κ3) is 4.22. The Labute approximate surface area is 129 Å². The second-order valence-corrected chi connectivity index (χ2v) is 4.49. The zero-order chi connectivity index (χ0) is 15.8. The monoisotopic (exact) mass is 292 g/mol. The minimum absolute atomic E-state index is 0.263. The second kappa shape index (κ2) is 7.65. The lowest BCUT2D eigenvalue weighted by atomic mass is 10.2. The summed E-state index contributed by atoms with van der Waals surface area (Å²) < 4.78 is 5.50. The zero-order valence-corrected chi connectivity index (χ0v) is 12.2. The van der Waals surface area contributed by atoms with Crippen LogP contribution < -0.4 is 10.1 Å². The van der Waals surface area contributed by atoms with Gasteiger partial charge in [0.05, 0.1) is 18.2 Å². The van der Waals surface area contributed by atoms with Crippen molar-refractivity contribution in [3.8, 4) is 11.8 Å². The number of hydrogen-bond donors (Lipinski definition) is 1. The maximum atomic E-state index is 11.9. The van der Waals surface area contributed by atoms with Gasteiger partial charge in [-0.1, -0.05) is 24.3 Å². The van der Waals surface area contributed by atoms with Crippen molar-refractivity contribution >= 4 is 17.7 Å². The van der Waals surface area contributed by atoms with E-state index in [1.54, 1.807) is 30.3 Å². The highest BCUT2D eigenvalue weighted by atomic mass is 16.5. The second-order valence-electron chi connectivity index (χ2n) is 4.49. The van der Waals surface area contributed by atoms with Crippen molar-refractivity contribution < 1.29 is 9.53 Å². The molecule has 4 heteroatoms. The highest BCUT2D eigenvalue weighted by molar-refractivity contribution is 6.02. The summed E-state index contributed by atoms with van der Waals surface area (Å²) in [5.41, 5.74) is 1.93. The number of ether oxygens (including phenoxy) is 1. The molecule has 0 radical (unpaired) electrons. The Hall–Kier alpha value is -3.06. The van der Waals surface area contributed by atoms with Gasteiger partial charge in [-0.3, -0.25) is 4.79 Å². The summed E-state index contributed by atoms with van der Waals surface area (Å²) in [5, 5.41) is 11.6. The van der Waals surface area contributed by atoms with Crippen molar-refractivity contribution in [2.75, 3.05) is 11.9 Å². The number of hydrogen-bond acceptors (Lipinski definition) is 3. The average Bonchev–Trinajstić information content (AvgIpc) is 2.54. The SMILES string of the molecule is CCOc1ccccc1/C=C/C(=O)Nc1cccc(C#N)c1.